The van der Waals surface area contributed by atoms with Gasteiger partial charge in [0.15, 0.2) is 12.2 Å². The lowest BCUT2D eigenvalue weighted by molar-refractivity contribution is -0.173. The highest BCUT2D eigenvalue weighted by Crippen LogP contribution is 2.40. The number of nitrogens with one attached hydrogen (secondary N) is 2. The van der Waals surface area contributed by atoms with E-state index in [1.165, 1.54) is 27.7 Å². The smallest absolute Gasteiger partial charge is 0.303 e. The zero-order valence-electron chi connectivity index (χ0n) is 15.1. The number of hydrogen-bond acceptors (Lipinski definition) is 6. The van der Waals surface area contributed by atoms with Crippen molar-refractivity contribution in [3.63, 3.8) is 0 Å². The standard InChI is InChI=1S/C18H22N2O6/c1-9(21)19-15-13-7-5-6-8-14(13)16(20-10(2)22)18(26-12(4)24)17(15)25-11(3)23/h5-8,15-18H,1-4H3,(H,19,21)(H,20,22)/t15-,16+,17+,18-. The van der Waals surface area contributed by atoms with Crippen molar-refractivity contribution < 1.29 is 28.7 Å². The molecule has 1 aliphatic carbocycles. The van der Waals surface area contributed by atoms with E-state index in [0.717, 1.165) is 0 Å². The summed E-state index contributed by atoms with van der Waals surface area (Å²) in [6.07, 6.45) is -1.99. The average Bonchev–Trinajstić information content (AvgIpc) is 2.52. The Morgan fingerprint density at radius 3 is 1.35 bits per heavy atom. The van der Waals surface area contributed by atoms with Gasteiger partial charge in [-0.1, -0.05) is 24.3 Å². The Balaban J connectivity index is 2.62. The van der Waals surface area contributed by atoms with Crippen LogP contribution < -0.4 is 10.6 Å². The molecule has 8 heteroatoms. The molecule has 2 amide bonds. The van der Waals surface area contributed by atoms with Crippen molar-refractivity contribution in [3.05, 3.63) is 35.4 Å². The monoisotopic (exact) mass is 362 g/mol. The molecular weight excluding hydrogens is 340 g/mol. The summed E-state index contributed by atoms with van der Waals surface area (Å²) in [5.74, 6) is -1.85. The zero-order chi connectivity index (χ0) is 19.4. The average molecular weight is 362 g/mol. The molecule has 0 radical (unpaired) electrons. The second kappa shape index (κ2) is 7.99. The molecule has 2 N–H and O–H groups in total. The molecule has 0 bridgehead atoms. The second-order valence-corrected chi connectivity index (χ2v) is 6.13. The number of benzene rings is 1. The van der Waals surface area contributed by atoms with Gasteiger partial charge in [-0.15, -0.1) is 0 Å². The van der Waals surface area contributed by atoms with Crippen molar-refractivity contribution in [1.82, 2.24) is 10.6 Å². The van der Waals surface area contributed by atoms with Crippen LogP contribution in [-0.4, -0.2) is 36.0 Å². The van der Waals surface area contributed by atoms with Crippen molar-refractivity contribution in [1.29, 1.82) is 0 Å². The quantitative estimate of drug-likeness (QED) is 0.771. The van der Waals surface area contributed by atoms with E-state index in [0.29, 0.717) is 11.1 Å². The molecule has 0 heterocycles. The van der Waals surface area contributed by atoms with E-state index in [1.807, 2.05) is 0 Å². The Morgan fingerprint density at radius 1 is 0.731 bits per heavy atom. The largest absolute Gasteiger partial charge is 0.456 e. The van der Waals surface area contributed by atoms with E-state index >= 15 is 0 Å². The fourth-order valence-corrected chi connectivity index (χ4v) is 3.22. The fraction of sp³-hybridized carbons (Fsp3) is 0.444. The molecular formula is C18H22N2O6. The van der Waals surface area contributed by atoms with E-state index in [-0.39, 0.29) is 11.8 Å². The molecule has 4 atom stereocenters. The molecule has 0 unspecified atom stereocenters. The van der Waals surface area contributed by atoms with Crippen LogP contribution in [0.15, 0.2) is 24.3 Å². The third kappa shape index (κ3) is 4.38. The minimum Gasteiger partial charge on any atom is -0.456 e. The Bertz CT molecular complexity index is 671. The first-order valence-electron chi connectivity index (χ1n) is 8.18. The summed E-state index contributed by atoms with van der Waals surface area (Å²) >= 11 is 0. The Kier molecular flexibility index (Phi) is 5.97. The van der Waals surface area contributed by atoms with Crippen molar-refractivity contribution in [3.8, 4) is 0 Å². The fourth-order valence-electron chi connectivity index (χ4n) is 3.22. The molecule has 1 aromatic carbocycles. The van der Waals surface area contributed by atoms with Crippen LogP contribution in [0.5, 0.6) is 0 Å². The lowest BCUT2D eigenvalue weighted by atomic mass is 9.79. The first kappa shape index (κ1) is 19.4. The Labute approximate surface area is 151 Å². The topological polar surface area (TPSA) is 111 Å². The Hall–Kier alpha value is -2.90. The van der Waals surface area contributed by atoms with Gasteiger partial charge in [0.05, 0.1) is 12.1 Å². The van der Waals surface area contributed by atoms with Gasteiger partial charge >= 0.3 is 11.9 Å². The Morgan fingerprint density at radius 2 is 1.08 bits per heavy atom. The maximum absolute atomic E-state index is 11.7. The van der Waals surface area contributed by atoms with Crippen molar-refractivity contribution in [2.75, 3.05) is 0 Å². The molecule has 0 spiro atoms. The van der Waals surface area contributed by atoms with Crippen LogP contribution in [-0.2, 0) is 28.7 Å². The van der Waals surface area contributed by atoms with Gasteiger partial charge in [0.25, 0.3) is 0 Å². The van der Waals surface area contributed by atoms with Gasteiger partial charge in [-0.05, 0) is 11.1 Å². The minimum absolute atomic E-state index is 0.332. The number of rotatable bonds is 4. The molecule has 26 heavy (non-hydrogen) atoms. The molecule has 1 aromatic rings. The van der Waals surface area contributed by atoms with Crippen LogP contribution >= 0.6 is 0 Å². The number of carbonyl (C=O) groups excluding carboxylic acids is 4. The molecule has 0 saturated heterocycles. The highest BCUT2D eigenvalue weighted by atomic mass is 16.6. The van der Waals surface area contributed by atoms with E-state index in [2.05, 4.69) is 10.6 Å². The van der Waals surface area contributed by atoms with Crippen molar-refractivity contribution in [2.45, 2.75) is 52.0 Å². The SMILES string of the molecule is CC(=O)N[C@@H]1c2ccccc2[C@H](NC(C)=O)[C@@H](OC(C)=O)[C@H]1OC(C)=O. The normalized spacial score (nSPS) is 24.0. The van der Waals surface area contributed by atoms with Gasteiger partial charge in [-0.3, -0.25) is 19.2 Å². The highest BCUT2D eigenvalue weighted by Gasteiger charge is 2.47. The van der Waals surface area contributed by atoms with Crippen LogP contribution in [0.3, 0.4) is 0 Å². The summed E-state index contributed by atoms with van der Waals surface area (Å²) in [5, 5.41) is 5.50. The van der Waals surface area contributed by atoms with Gasteiger partial charge < -0.3 is 20.1 Å². The number of esters is 2. The number of ether oxygens (including phenoxy) is 2. The number of amides is 2. The van der Waals surface area contributed by atoms with Crippen molar-refractivity contribution >= 4 is 23.8 Å². The van der Waals surface area contributed by atoms with E-state index in [1.54, 1.807) is 24.3 Å². The molecule has 0 aliphatic heterocycles. The first-order chi connectivity index (χ1) is 12.2. The molecule has 140 valence electrons. The van der Waals surface area contributed by atoms with E-state index < -0.39 is 36.2 Å². The summed E-state index contributed by atoms with van der Waals surface area (Å²) in [5.41, 5.74) is 1.35. The minimum atomic E-state index is -0.993. The van der Waals surface area contributed by atoms with Gasteiger partial charge in [-0.25, -0.2) is 0 Å². The predicted molar refractivity (Wildman–Crippen MR) is 90.7 cm³/mol. The molecule has 1 aliphatic rings. The third-order valence-electron chi connectivity index (χ3n) is 3.97. The zero-order valence-corrected chi connectivity index (χ0v) is 15.1. The van der Waals surface area contributed by atoms with Crippen LogP contribution in [0.4, 0.5) is 0 Å². The van der Waals surface area contributed by atoms with Crippen molar-refractivity contribution in [2.24, 2.45) is 0 Å². The van der Waals surface area contributed by atoms with Gasteiger partial charge in [0.1, 0.15) is 0 Å². The lowest BCUT2D eigenvalue weighted by Crippen LogP contribution is -2.55. The van der Waals surface area contributed by atoms with Gasteiger partial charge in [0.2, 0.25) is 11.8 Å². The van der Waals surface area contributed by atoms with Crippen LogP contribution in [0.1, 0.15) is 50.9 Å². The molecule has 0 fully saturated rings. The summed E-state index contributed by atoms with van der Waals surface area (Å²) in [4.78, 5) is 46.7. The van der Waals surface area contributed by atoms with E-state index in [9.17, 15) is 19.2 Å². The van der Waals surface area contributed by atoms with E-state index in [4.69, 9.17) is 9.47 Å². The van der Waals surface area contributed by atoms with Crippen LogP contribution in [0, 0.1) is 0 Å². The number of fused-ring (bicyclic) bond motifs is 1. The highest BCUT2D eigenvalue weighted by molar-refractivity contribution is 5.75. The third-order valence-corrected chi connectivity index (χ3v) is 3.97. The van der Waals surface area contributed by atoms with Gasteiger partial charge in [-0.2, -0.15) is 0 Å². The summed E-state index contributed by atoms with van der Waals surface area (Å²) < 4.78 is 10.8. The molecule has 0 saturated carbocycles. The van der Waals surface area contributed by atoms with Gasteiger partial charge in [0, 0.05) is 27.7 Å². The second-order valence-electron chi connectivity index (χ2n) is 6.13. The number of hydrogen-bond donors (Lipinski definition) is 2. The lowest BCUT2D eigenvalue weighted by Gasteiger charge is -2.42. The van der Waals surface area contributed by atoms with Crippen LogP contribution in [0.2, 0.25) is 0 Å². The molecule has 0 aromatic heterocycles. The predicted octanol–water partition coefficient (Wildman–Crippen LogP) is 0.918. The molecule has 8 nitrogen and oxygen atoms in total. The first-order valence-corrected chi connectivity index (χ1v) is 8.18. The maximum atomic E-state index is 11.7. The van der Waals surface area contributed by atoms with Crippen LogP contribution in [0.25, 0.3) is 0 Å². The summed E-state index contributed by atoms with van der Waals surface area (Å²) in [6, 6.07) is 5.64. The summed E-state index contributed by atoms with van der Waals surface area (Å²) in [6.45, 7) is 5.13. The number of carbonyl (C=O) groups is 4. The molecule has 2 rings (SSSR count). The maximum Gasteiger partial charge on any atom is 0.303 e. The summed E-state index contributed by atoms with van der Waals surface area (Å²) in [7, 11) is 0.